The molecule has 0 spiro atoms. The van der Waals surface area contributed by atoms with Crippen molar-refractivity contribution >= 4 is 33.7 Å². The van der Waals surface area contributed by atoms with E-state index in [2.05, 4.69) is 20.5 Å². The van der Waals surface area contributed by atoms with E-state index in [-0.39, 0.29) is 17.8 Å². The summed E-state index contributed by atoms with van der Waals surface area (Å²) in [5.41, 5.74) is 6.14. The summed E-state index contributed by atoms with van der Waals surface area (Å²) in [7, 11) is 3.15. The Morgan fingerprint density at radius 3 is 2.64 bits per heavy atom. The van der Waals surface area contributed by atoms with E-state index in [1.807, 2.05) is 62.5 Å². The topological polar surface area (TPSA) is 123 Å². The number of hydrogen-bond acceptors (Lipinski definition) is 8. The number of carbonyl (C=O) groups is 1. The monoisotopic (exact) mass is 542 g/mol. The van der Waals surface area contributed by atoms with Crippen molar-refractivity contribution in [3.8, 4) is 28.4 Å². The third-order valence-corrected chi connectivity index (χ3v) is 7.33. The summed E-state index contributed by atoms with van der Waals surface area (Å²) in [6, 6.07) is 15.2. The van der Waals surface area contributed by atoms with Crippen molar-refractivity contribution in [2.45, 2.75) is 20.3 Å². The third kappa shape index (κ3) is 5.30. The van der Waals surface area contributed by atoms with Crippen LogP contribution in [0.1, 0.15) is 21.8 Å². The number of benzene rings is 2. The van der Waals surface area contributed by atoms with Gasteiger partial charge in [-0.3, -0.25) is 9.59 Å². The first-order chi connectivity index (χ1) is 18.9. The number of H-pyrrole nitrogens is 1. The average molecular weight is 543 g/mol. The lowest BCUT2D eigenvalue weighted by Crippen LogP contribution is -2.23. The molecule has 0 bridgehead atoms. The average Bonchev–Trinajstić information content (AvgIpc) is 3.49. The number of para-hydroxylation sites is 1. The molecule has 0 saturated carbocycles. The molecule has 10 nitrogen and oxygen atoms in total. The first-order valence-electron chi connectivity index (χ1n) is 12.1. The van der Waals surface area contributed by atoms with Gasteiger partial charge < -0.3 is 14.5 Å². The number of thiophene rings is 1. The number of aromatic nitrogens is 4. The molecular formula is C28H26N6O4S. The Morgan fingerprint density at radius 1 is 1.13 bits per heavy atom. The van der Waals surface area contributed by atoms with E-state index in [0.29, 0.717) is 33.0 Å². The number of nitrogens with zero attached hydrogens (tertiary/aromatic N) is 4. The van der Waals surface area contributed by atoms with Crippen LogP contribution in [0.4, 0.5) is 0 Å². The quantitative estimate of drug-likeness (QED) is 0.224. The van der Waals surface area contributed by atoms with Gasteiger partial charge in [0.15, 0.2) is 11.5 Å². The van der Waals surface area contributed by atoms with Gasteiger partial charge in [0.1, 0.15) is 16.3 Å². The summed E-state index contributed by atoms with van der Waals surface area (Å²) in [5, 5.41) is 9.49. The van der Waals surface area contributed by atoms with E-state index in [0.717, 1.165) is 21.7 Å². The maximum Gasteiger partial charge on any atom is 0.259 e. The molecule has 0 radical (unpaired) electrons. The van der Waals surface area contributed by atoms with Crippen molar-refractivity contribution in [1.82, 2.24) is 25.2 Å². The maximum absolute atomic E-state index is 12.6. The Hall–Kier alpha value is -4.77. The number of aromatic amines is 1. The van der Waals surface area contributed by atoms with Crippen molar-refractivity contribution in [3.63, 3.8) is 0 Å². The Kier molecular flexibility index (Phi) is 7.24. The molecule has 1 amide bonds. The van der Waals surface area contributed by atoms with E-state index in [9.17, 15) is 9.59 Å². The number of nitrogens with one attached hydrogen (secondary N) is 2. The van der Waals surface area contributed by atoms with Crippen LogP contribution in [0, 0.1) is 13.8 Å². The molecule has 0 aliphatic rings. The molecule has 5 rings (SSSR count). The SMILES string of the molecule is COc1ccc(-c2nn(-c3ccccc3)cc2/C=N\NC(=O)Cc2nc3sc(C)c(C)c3c(=O)[nH]2)cc1OC. The highest BCUT2D eigenvalue weighted by atomic mass is 32.1. The van der Waals surface area contributed by atoms with Gasteiger partial charge in [0.2, 0.25) is 5.91 Å². The van der Waals surface area contributed by atoms with Gasteiger partial charge in [0.25, 0.3) is 5.56 Å². The molecule has 3 heterocycles. The van der Waals surface area contributed by atoms with Crippen LogP contribution in [0.3, 0.4) is 0 Å². The summed E-state index contributed by atoms with van der Waals surface area (Å²) < 4.78 is 12.6. The lowest BCUT2D eigenvalue weighted by molar-refractivity contribution is -0.120. The fourth-order valence-corrected chi connectivity index (χ4v) is 5.20. The number of amides is 1. The smallest absolute Gasteiger partial charge is 0.259 e. The number of rotatable bonds is 8. The van der Waals surface area contributed by atoms with Crippen LogP contribution in [-0.2, 0) is 11.2 Å². The molecule has 0 unspecified atom stereocenters. The van der Waals surface area contributed by atoms with Crippen LogP contribution < -0.4 is 20.5 Å². The lowest BCUT2D eigenvalue weighted by Gasteiger charge is -2.09. The highest BCUT2D eigenvalue weighted by Crippen LogP contribution is 2.33. The van der Waals surface area contributed by atoms with Crippen LogP contribution in [0.15, 0.2) is 64.6 Å². The van der Waals surface area contributed by atoms with E-state index < -0.39 is 5.91 Å². The number of hydrogen-bond donors (Lipinski definition) is 2. The van der Waals surface area contributed by atoms with Gasteiger partial charge in [-0.05, 0) is 49.7 Å². The van der Waals surface area contributed by atoms with E-state index in [1.165, 1.54) is 17.6 Å². The van der Waals surface area contributed by atoms with Gasteiger partial charge >= 0.3 is 0 Å². The zero-order chi connectivity index (χ0) is 27.5. The molecule has 3 aromatic heterocycles. The Morgan fingerprint density at radius 2 is 1.90 bits per heavy atom. The fourth-order valence-electron chi connectivity index (χ4n) is 4.15. The summed E-state index contributed by atoms with van der Waals surface area (Å²) in [6.07, 6.45) is 3.23. The molecule has 39 heavy (non-hydrogen) atoms. The van der Waals surface area contributed by atoms with Crippen molar-refractivity contribution in [3.05, 3.63) is 86.9 Å². The summed E-state index contributed by atoms with van der Waals surface area (Å²) in [6.45, 7) is 3.83. The molecule has 2 aromatic carbocycles. The fraction of sp³-hybridized carbons (Fsp3) is 0.179. The van der Waals surface area contributed by atoms with E-state index >= 15 is 0 Å². The number of carbonyl (C=O) groups excluding carboxylic acids is 1. The number of ether oxygens (including phenoxy) is 2. The first-order valence-corrected chi connectivity index (χ1v) is 12.9. The van der Waals surface area contributed by atoms with Gasteiger partial charge in [-0.2, -0.15) is 10.2 Å². The molecule has 0 saturated heterocycles. The minimum Gasteiger partial charge on any atom is -0.493 e. The van der Waals surface area contributed by atoms with Crippen molar-refractivity contribution < 1.29 is 14.3 Å². The minimum atomic E-state index is -0.415. The zero-order valence-electron chi connectivity index (χ0n) is 21.8. The van der Waals surface area contributed by atoms with Gasteiger partial charge in [0.05, 0.1) is 37.9 Å². The molecule has 0 atom stereocenters. The molecule has 0 fully saturated rings. The van der Waals surface area contributed by atoms with Crippen LogP contribution in [-0.4, -0.2) is 46.1 Å². The van der Waals surface area contributed by atoms with Crippen molar-refractivity contribution in [2.24, 2.45) is 5.10 Å². The lowest BCUT2D eigenvalue weighted by atomic mass is 10.1. The van der Waals surface area contributed by atoms with Crippen LogP contribution in [0.2, 0.25) is 0 Å². The minimum absolute atomic E-state index is 0.121. The number of fused-ring (bicyclic) bond motifs is 1. The highest BCUT2D eigenvalue weighted by molar-refractivity contribution is 7.18. The predicted molar refractivity (Wildman–Crippen MR) is 151 cm³/mol. The molecule has 5 aromatic rings. The van der Waals surface area contributed by atoms with Crippen LogP contribution in [0.25, 0.3) is 27.2 Å². The maximum atomic E-state index is 12.6. The summed E-state index contributed by atoms with van der Waals surface area (Å²) in [4.78, 5) is 33.9. The van der Waals surface area contributed by atoms with E-state index in [1.54, 1.807) is 25.0 Å². The normalized spacial score (nSPS) is 11.3. The number of methoxy groups -OCH3 is 2. The predicted octanol–water partition coefficient (Wildman–Crippen LogP) is 4.16. The molecule has 198 valence electrons. The molecule has 0 aliphatic heterocycles. The summed E-state index contributed by atoms with van der Waals surface area (Å²) in [5.74, 6) is 1.03. The largest absolute Gasteiger partial charge is 0.493 e. The number of hydrazone groups is 1. The van der Waals surface area contributed by atoms with Crippen LogP contribution >= 0.6 is 11.3 Å². The molecular weight excluding hydrogens is 516 g/mol. The summed E-state index contributed by atoms with van der Waals surface area (Å²) >= 11 is 1.44. The Bertz CT molecular complexity index is 1750. The molecule has 0 aliphatic carbocycles. The number of aryl methyl sites for hydroxylation is 2. The highest BCUT2D eigenvalue weighted by Gasteiger charge is 2.16. The molecule has 2 N–H and O–H groups in total. The second-order valence-electron chi connectivity index (χ2n) is 8.73. The van der Waals surface area contributed by atoms with Gasteiger partial charge in [-0.15, -0.1) is 11.3 Å². The Balaban J connectivity index is 1.40. The second kappa shape index (κ2) is 10.9. The van der Waals surface area contributed by atoms with Gasteiger partial charge in [0, 0.05) is 22.2 Å². The van der Waals surface area contributed by atoms with Crippen molar-refractivity contribution in [2.75, 3.05) is 14.2 Å². The molecule has 11 heteroatoms. The van der Waals surface area contributed by atoms with Gasteiger partial charge in [-0.1, -0.05) is 18.2 Å². The van der Waals surface area contributed by atoms with Crippen LogP contribution in [0.5, 0.6) is 11.5 Å². The zero-order valence-corrected chi connectivity index (χ0v) is 22.6. The Labute approximate surface area is 227 Å². The first kappa shape index (κ1) is 25.9. The standard InChI is InChI=1S/C28H26N6O4S/c1-16-17(2)39-28-25(16)27(36)30-23(31-28)13-24(35)32-29-14-19-15-34(20-8-6-5-7-9-20)33-26(19)18-10-11-21(37-3)22(12-18)38-4/h5-12,14-15H,13H2,1-4H3,(H,32,35)(H,30,31,36)/b29-14-. The second-order valence-corrected chi connectivity index (χ2v) is 9.93. The third-order valence-electron chi connectivity index (χ3n) is 6.23. The van der Waals surface area contributed by atoms with Crippen molar-refractivity contribution in [1.29, 1.82) is 0 Å². The van der Waals surface area contributed by atoms with E-state index in [4.69, 9.17) is 14.6 Å². The van der Waals surface area contributed by atoms with Gasteiger partial charge in [-0.25, -0.2) is 15.1 Å².